The molecule has 0 aliphatic carbocycles. The van der Waals surface area contributed by atoms with E-state index in [2.05, 4.69) is 15.6 Å². The van der Waals surface area contributed by atoms with Crippen LogP contribution in [-0.2, 0) is 4.74 Å². The van der Waals surface area contributed by atoms with E-state index in [0.29, 0.717) is 5.69 Å². The Labute approximate surface area is 144 Å². The Bertz CT molecular complexity index is 666. The van der Waals surface area contributed by atoms with Gasteiger partial charge in [-0.05, 0) is 18.2 Å². The van der Waals surface area contributed by atoms with E-state index in [9.17, 15) is 15.0 Å². The first-order chi connectivity index (χ1) is 12.1. The molecule has 9 nitrogen and oxygen atoms in total. The van der Waals surface area contributed by atoms with Crippen LogP contribution in [0.2, 0.25) is 0 Å². The summed E-state index contributed by atoms with van der Waals surface area (Å²) in [5.41, 5.74) is 0.631. The fraction of sp³-hybridized carbons (Fsp3) is 0.375. The molecule has 3 rings (SSSR count). The Kier molecular flexibility index (Phi) is 5.29. The van der Waals surface area contributed by atoms with E-state index >= 15 is 0 Å². The minimum Gasteiger partial charge on any atom is -0.394 e. The standard InChI is InChI=1S/C16H20N4O5/c21-9-12-11(22)8-14(25-12)20-7-6-13(19-16(20)24)18-15(23)17-10-4-2-1-3-5-10/h1-7,11-12,14,16,21-22,24H,8-9H2,(H2,17,18,19,23)/t11?,12-,14-,16?/m1/s1. The third-order valence-electron chi connectivity index (χ3n) is 3.92. The van der Waals surface area contributed by atoms with Crippen molar-refractivity contribution in [3.05, 3.63) is 42.6 Å². The van der Waals surface area contributed by atoms with E-state index < -0.39 is 30.8 Å². The maximum absolute atomic E-state index is 11.9. The van der Waals surface area contributed by atoms with Crippen LogP contribution < -0.4 is 10.6 Å². The van der Waals surface area contributed by atoms with Crippen LogP contribution in [0.4, 0.5) is 10.5 Å². The second kappa shape index (κ2) is 7.62. The number of nitrogens with one attached hydrogen (secondary N) is 2. The largest absolute Gasteiger partial charge is 0.394 e. The van der Waals surface area contributed by atoms with E-state index in [0.717, 1.165) is 0 Å². The highest BCUT2D eigenvalue weighted by Crippen LogP contribution is 2.25. The molecule has 134 valence electrons. The number of nitrogens with zero attached hydrogens (tertiary/aromatic N) is 2. The summed E-state index contributed by atoms with van der Waals surface area (Å²) in [6, 6.07) is 8.44. The molecule has 4 atom stereocenters. The fourth-order valence-corrected chi connectivity index (χ4v) is 2.65. The molecule has 2 unspecified atom stereocenters. The van der Waals surface area contributed by atoms with Crippen molar-refractivity contribution >= 4 is 17.6 Å². The zero-order valence-electron chi connectivity index (χ0n) is 13.3. The molecule has 5 N–H and O–H groups in total. The van der Waals surface area contributed by atoms with Gasteiger partial charge in [0, 0.05) is 18.3 Å². The van der Waals surface area contributed by atoms with Crippen LogP contribution in [0.15, 0.2) is 47.6 Å². The zero-order valence-corrected chi connectivity index (χ0v) is 13.3. The summed E-state index contributed by atoms with van der Waals surface area (Å²) in [4.78, 5) is 17.3. The molecule has 0 bridgehead atoms. The van der Waals surface area contributed by atoms with Crippen LogP contribution in [0, 0.1) is 0 Å². The maximum atomic E-state index is 11.9. The number of carbonyl (C=O) groups is 1. The van der Waals surface area contributed by atoms with Crippen molar-refractivity contribution in [2.45, 2.75) is 31.2 Å². The van der Waals surface area contributed by atoms with Gasteiger partial charge in [0.1, 0.15) is 18.2 Å². The summed E-state index contributed by atoms with van der Waals surface area (Å²) in [5.74, 6) is 0.189. The first kappa shape index (κ1) is 17.4. The molecule has 0 radical (unpaired) electrons. The number of aliphatic imine (C=N–C) groups is 1. The predicted molar refractivity (Wildman–Crippen MR) is 89.4 cm³/mol. The lowest BCUT2D eigenvalue weighted by Gasteiger charge is -2.31. The highest BCUT2D eigenvalue weighted by molar-refractivity contribution is 6.07. The van der Waals surface area contributed by atoms with Gasteiger partial charge < -0.3 is 30.3 Å². The van der Waals surface area contributed by atoms with Crippen molar-refractivity contribution in [1.29, 1.82) is 0 Å². The fourth-order valence-electron chi connectivity index (χ4n) is 2.65. The van der Waals surface area contributed by atoms with Crippen LogP contribution in [0.25, 0.3) is 0 Å². The summed E-state index contributed by atoms with van der Waals surface area (Å²) < 4.78 is 5.47. The lowest BCUT2D eigenvalue weighted by molar-refractivity contribution is -0.110. The number of anilines is 1. The van der Waals surface area contributed by atoms with Crippen molar-refractivity contribution < 1.29 is 24.9 Å². The van der Waals surface area contributed by atoms with Gasteiger partial charge in [-0.15, -0.1) is 0 Å². The van der Waals surface area contributed by atoms with E-state index in [4.69, 9.17) is 9.84 Å². The van der Waals surface area contributed by atoms with Crippen LogP contribution in [-0.4, -0.2) is 63.5 Å². The van der Waals surface area contributed by atoms with Gasteiger partial charge in [0.15, 0.2) is 0 Å². The Morgan fingerprint density at radius 1 is 1.28 bits per heavy atom. The van der Waals surface area contributed by atoms with E-state index in [1.54, 1.807) is 24.3 Å². The van der Waals surface area contributed by atoms with Gasteiger partial charge in [0.05, 0.1) is 12.7 Å². The SMILES string of the molecule is O=C(NC1=NC(O)N([C@H]2CC(O)[C@@H](CO)O2)C=C1)Nc1ccccc1. The molecule has 25 heavy (non-hydrogen) atoms. The average Bonchev–Trinajstić information content (AvgIpc) is 2.96. The summed E-state index contributed by atoms with van der Waals surface area (Å²) in [7, 11) is 0. The Morgan fingerprint density at radius 3 is 2.68 bits per heavy atom. The molecule has 1 aromatic rings. The first-order valence-corrected chi connectivity index (χ1v) is 7.86. The summed E-state index contributed by atoms with van der Waals surface area (Å²) >= 11 is 0. The average molecular weight is 348 g/mol. The molecule has 0 aromatic heterocycles. The third kappa shape index (κ3) is 4.15. The van der Waals surface area contributed by atoms with Crippen LogP contribution in [0.3, 0.4) is 0 Å². The number of hydrogen-bond donors (Lipinski definition) is 5. The lowest BCUT2D eigenvalue weighted by atomic mass is 10.2. The molecule has 2 aliphatic rings. The number of rotatable bonds is 3. The Hall–Kier alpha value is -2.46. The molecule has 0 saturated carbocycles. The first-order valence-electron chi connectivity index (χ1n) is 7.86. The van der Waals surface area contributed by atoms with Crippen molar-refractivity contribution in [3.63, 3.8) is 0 Å². The van der Waals surface area contributed by atoms with Crippen LogP contribution in [0.1, 0.15) is 6.42 Å². The molecule has 1 saturated heterocycles. The van der Waals surface area contributed by atoms with Gasteiger partial charge in [0.2, 0.25) is 6.35 Å². The highest BCUT2D eigenvalue weighted by Gasteiger charge is 2.38. The molecule has 2 heterocycles. The van der Waals surface area contributed by atoms with E-state index in [1.807, 2.05) is 6.07 Å². The maximum Gasteiger partial charge on any atom is 0.324 e. The van der Waals surface area contributed by atoms with Gasteiger partial charge >= 0.3 is 6.03 Å². The summed E-state index contributed by atoms with van der Waals surface area (Å²) in [6.45, 7) is -0.305. The second-order valence-electron chi connectivity index (χ2n) is 5.68. The lowest BCUT2D eigenvalue weighted by Crippen LogP contribution is -2.44. The van der Waals surface area contributed by atoms with Crippen molar-refractivity contribution in [3.8, 4) is 0 Å². The molecule has 9 heteroatoms. The van der Waals surface area contributed by atoms with E-state index in [-0.39, 0.29) is 18.9 Å². The molecule has 1 fully saturated rings. The van der Waals surface area contributed by atoms with Gasteiger partial charge in [0.25, 0.3) is 0 Å². The summed E-state index contributed by atoms with van der Waals surface area (Å²) in [5, 5.41) is 34.2. The number of benzene rings is 1. The monoisotopic (exact) mass is 348 g/mol. The molecule has 1 aromatic carbocycles. The number of ether oxygens (including phenoxy) is 1. The number of amides is 2. The van der Waals surface area contributed by atoms with Crippen molar-refractivity contribution in [2.24, 2.45) is 4.99 Å². The van der Waals surface area contributed by atoms with Gasteiger partial charge in [-0.1, -0.05) is 18.2 Å². The Balaban J connectivity index is 1.56. The number of urea groups is 1. The Morgan fingerprint density at radius 2 is 2.04 bits per heavy atom. The molecular weight excluding hydrogens is 328 g/mol. The molecular formula is C16H20N4O5. The summed E-state index contributed by atoms with van der Waals surface area (Å²) in [6.07, 6.45) is -0.110. The number of para-hydroxylation sites is 1. The van der Waals surface area contributed by atoms with E-state index in [1.165, 1.54) is 17.2 Å². The van der Waals surface area contributed by atoms with Crippen molar-refractivity contribution in [1.82, 2.24) is 10.2 Å². The highest BCUT2D eigenvalue weighted by atomic mass is 16.5. The third-order valence-corrected chi connectivity index (χ3v) is 3.92. The zero-order chi connectivity index (χ0) is 17.8. The van der Waals surface area contributed by atoms with Crippen LogP contribution >= 0.6 is 0 Å². The number of hydrogen-bond acceptors (Lipinski definition) is 7. The topological polar surface area (TPSA) is 127 Å². The molecule has 2 aliphatic heterocycles. The smallest absolute Gasteiger partial charge is 0.324 e. The van der Waals surface area contributed by atoms with Gasteiger partial charge in [-0.25, -0.2) is 9.79 Å². The minimum atomic E-state index is -1.27. The number of amidine groups is 1. The quantitative estimate of drug-likeness (QED) is 0.514. The number of aliphatic hydroxyl groups is 3. The molecule has 2 amide bonds. The van der Waals surface area contributed by atoms with Crippen LogP contribution in [0.5, 0.6) is 0 Å². The second-order valence-corrected chi connectivity index (χ2v) is 5.68. The van der Waals surface area contributed by atoms with Gasteiger partial charge in [-0.3, -0.25) is 5.32 Å². The molecule has 0 spiro atoms. The minimum absolute atomic E-state index is 0.189. The normalized spacial score (nSPS) is 28.6. The number of carbonyl (C=O) groups excluding carboxylic acids is 1. The predicted octanol–water partition coefficient (Wildman–Crippen LogP) is -0.220. The van der Waals surface area contributed by atoms with Gasteiger partial charge in [-0.2, -0.15) is 0 Å². The number of aliphatic hydroxyl groups excluding tert-OH is 3. The van der Waals surface area contributed by atoms with Crippen molar-refractivity contribution in [2.75, 3.05) is 11.9 Å².